The molecule has 0 aromatic carbocycles. The first-order valence-electron chi connectivity index (χ1n) is 6.87. The van der Waals surface area contributed by atoms with Crippen molar-refractivity contribution in [3.05, 3.63) is 24.2 Å². The summed E-state index contributed by atoms with van der Waals surface area (Å²) < 4.78 is 5.36. The minimum Gasteiger partial charge on any atom is -0.469 e. The molecule has 1 aliphatic rings. The van der Waals surface area contributed by atoms with Crippen molar-refractivity contribution >= 4 is 0 Å². The van der Waals surface area contributed by atoms with Gasteiger partial charge in [-0.1, -0.05) is 32.1 Å². The van der Waals surface area contributed by atoms with Gasteiger partial charge in [0.15, 0.2) is 0 Å². The van der Waals surface area contributed by atoms with Crippen LogP contribution < -0.4 is 11.3 Å². The Labute approximate surface area is 104 Å². The van der Waals surface area contributed by atoms with Crippen LogP contribution in [-0.4, -0.2) is 6.04 Å². The van der Waals surface area contributed by atoms with E-state index in [4.69, 9.17) is 10.3 Å². The van der Waals surface area contributed by atoms with Gasteiger partial charge in [-0.15, -0.1) is 0 Å². The molecule has 0 spiro atoms. The predicted octanol–water partition coefficient (Wildman–Crippen LogP) is 3.01. The Morgan fingerprint density at radius 1 is 1.35 bits per heavy atom. The summed E-state index contributed by atoms with van der Waals surface area (Å²) in [5.41, 5.74) is 2.92. The molecule has 0 amide bonds. The molecule has 3 nitrogen and oxygen atoms in total. The molecule has 1 heterocycles. The lowest BCUT2D eigenvalue weighted by atomic mass is 9.85. The Kier molecular flexibility index (Phi) is 5.08. The van der Waals surface area contributed by atoms with Gasteiger partial charge in [0.05, 0.1) is 6.26 Å². The number of hydrazine groups is 1. The number of furan rings is 1. The summed E-state index contributed by atoms with van der Waals surface area (Å²) in [6.45, 7) is 0. The van der Waals surface area contributed by atoms with E-state index in [1.54, 1.807) is 6.26 Å². The van der Waals surface area contributed by atoms with Crippen LogP contribution in [0.3, 0.4) is 0 Å². The summed E-state index contributed by atoms with van der Waals surface area (Å²) in [5, 5.41) is 0. The number of hydrogen-bond acceptors (Lipinski definition) is 3. The van der Waals surface area contributed by atoms with Crippen molar-refractivity contribution in [2.45, 2.75) is 57.4 Å². The maximum Gasteiger partial charge on any atom is 0.105 e. The lowest BCUT2D eigenvalue weighted by molar-refractivity contribution is 0.309. The van der Waals surface area contributed by atoms with Crippen LogP contribution in [0.5, 0.6) is 0 Å². The lowest BCUT2D eigenvalue weighted by Crippen LogP contribution is -2.37. The molecule has 3 heteroatoms. The van der Waals surface area contributed by atoms with Crippen LogP contribution in [0.4, 0.5) is 0 Å². The van der Waals surface area contributed by atoms with Gasteiger partial charge < -0.3 is 4.42 Å². The van der Waals surface area contributed by atoms with Crippen LogP contribution in [-0.2, 0) is 6.42 Å². The van der Waals surface area contributed by atoms with Crippen LogP contribution >= 0.6 is 0 Å². The molecular formula is C14H24N2O. The second-order valence-corrected chi connectivity index (χ2v) is 5.23. The SMILES string of the molecule is NNC(CCC1CCCCC1)Cc1ccco1. The van der Waals surface area contributed by atoms with Crippen molar-refractivity contribution in [3.63, 3.8) is 0 Å². The lowest BCUT2D eigenvalue weighted by Gasteiger charge is -2.23. The molecule has 1 unspecified atom stereocenters. The van der Waals surface area contributed by atoms with E-state index in [9.17, 15) is 0 Å². The van der Waals surface area contributed by atoms with Crippen molar-refractivity contribution in [2.24, 2.45) is 11.8 Å². The van der Waals surface area contributed by atoms with E-state index in [0.717, 1.165) is 24.5 Å². The summed E-state index contributed by atoms with van der Waals surface area (Å²) in [5.74, 6) is 7.56. The van der Waals surface area contributed by atoms with Gasteiger partial charge in [0.2, 0.25) is 0 Å². The van der Waals surface area contributed by atoms with Crippen molar-refractivity contribution in [1.82, 2.24) is 5.43 Å². The zero-order chi connectivity index (χ0) is 11.9. The molecule has 17 heavy (non-hydrogen) atoms. The summed E-state index contributed by atoms with van der Waals surface area (Å²) in [7, 11) is 0. The molecule has 1 atom stereocenters. The van der Waals surface area contributed by atoms with Gasteiger partial charge >= 0.3 is 0 Å². The highest BCUT2D eigenvalue weighted by Gasteiger charge is 2.16. The summed E-state index contributed by atoms with van der Waals surface area (Å²) >= 11 is 0. The molecule has 1 fully saturated rings. The van der Waals surface area contributed by atoms with E-state index >= 15 is 0 Å². The molecular weight excluding hydrogens is 212 g/mol. The second kappa shape index (κ2) is 6.82. The second-order valence-electron chi connectivity index (χ2n) is 5.23. The van der Waals surface area contributed by atoms with Crippen molar-refractivity contribution < 1.29 is 4.42 Å². The van der Waals surface area contributed by atoms with E-state index in [2.05, 4.69) is 5.43 Å². The third kappa shape index (κ3) is 4.17. The van der Waals surface area contributed by atoms with Gasteiger partial charge in [-0.3, -0.25) is 11.3 Å². The Balaban J connectivity index is 1.71. The topological polar surface area (TPSA) is 51.2 Å². The fourth-order valence-corrected chi connectivity index (χ4v) is 2.83. The quantitative estimate of drug-likeness (QED) is 0.589. The smallest absolute Gasteiger partial charge is 0.105 e. The van der Waals surface area contributed by atoms with Gasteiger partial charge in [0.1, 0.15) is 5.76 Å². The van der Waals surface area contributed by atoms with Gasteiger partial charge in [0, 0.05) is 12.5 Å². The average Bonchev–Trinajstić information content (AvgIpc) is 2.88. The number of nitrogens with one attached hydrogen (secondary N) is 1. The van der Waals surface area contributed by atoms with E-state index in [1.807, 2.05) is 12.1 Å². The van der Waals surface area contributed by atoms with Crippen LogP contribution in [0.15, 0.2) is 22.8 Å². The van der Waals surface area contributed by atoms with Crippen molar-refractivity contribution in [3.8, 4) is 0 Å². The minimum atomic E-state index is 0.350. The molecule has 0 radical (unpaired) electrons. The summed E-state index contributed by atoms with van der Waals surface area (Å²) in [6.07, 6.45) is 12.2. The van der Waals surface area contributed by atoms with Crippen molar-refractivity contribution in [1.29, 1.82) is 0 Å². The van der Waals surface area contributed by atoms with Crippen LogP contribution in [0.1, 0.15) is 50.7 Å². The monoisotopic (exact) mass is 236 g/mol. The molecule has 1 aliphatic carbocycles. The van der Waals surface area contributed by atoms with E-state index < -0.39 is 0 Å². The first kappa shape index (κ1) is 12.7. The highest BCUT2D eigenvalue weighted by molar-refractivity contribution is 5.00. The first-order chi connectivity index (χ1) is 8.38. The molecule has 3 N–H and O–H groups in total. The Hall–Kier alpha value is -0.800. The summed E-state index contributed by atoms with van der Waals surface area (Å²) in [6, 6.07) is 4.30. The summed E-state index contributed by atoms with van der Waals surface area (Å²) in [4.78, 5) is 0. The third-order valence-corrected chi connectivity index (χ3v) is 3.91. The molecule has 0 saturated heterocycles. The fourth-order valence-electron chi connectivity index (χ4n) is 2.83. The molecule has 1 aromatic rings. The molecule has 0 aliphatic heterocycles. The molecule has 2 rings (SSSR count). The van der Waals surface area contributed by atoms with E-state index in [-0.39, 0.29) is 0 Å². The number of rotatable bonds is 6. The first-order valence-corrected chi connectivity index (χ1v) is 6.87. The van der Waals surface area contributed by atoms with E-state index in [1.165, 1.54) is 38.5 Å². The van der Waals surface area contributed by atoms with Gasteiger partial charge in [-0.2, -0.15) is 0 Å². The Morgan fingerprint density at radius 2 is 2.18 bits per heavy atom. The average molecular weight is 236 g/mol. The van der Waals surface area contributed by atoms with Gasteiger partial charge in [0.25, 0.3) is 0 Å². The zero-order valence-corrected chi connectivity index (χ0v) is 10.5. The zero-order valence-electron chi connectivity index (χ0n) is 10.5. The number of nitrogens with two attached hydrogens (primary N) is 1. The highest BCUT2D eigenvalue weighted by Crippen LogP contribution is 2.28. The standard InChI is InChI=1S/C14H24N2O/c15-16-13(11-14-7-4-10-17-14)9-8-12-5-2-1-3-6-12/h4,7,10,12-13,16H,1-3,5-6,8-9,11,15H2. The maximum atomic E-state index is 5.61. The van der Waals surface area contributed by atoms with E-state index in [0.29, 0.717) is 6.04 Å². The van der Waals surface area contributed by atoms with Crippen LogP contribution in [0.25, 0.3) is 0 Å². The van der Waals surface area contributed by atoms with Crippen LogP contribution in [0, 0.1) is 5.92 Å². The fraction of sp³-hybridized carbons (Fsp3) is 0.714. The molecule has 96 valence electrons. The molecule has 0 bridgehead atoms. The third-order valence-electron chi connectivity index (χ3n) is 3.91. The normalized spacial score (nSPS) is 19.4. The highest BCUT2D eigenvalue weighted by atomic mass is 16.3. The van der Waals surface area contributed by atoms with Crippen LogP contribution in [0.2, 0.25) is 0 Å². The van der Waals surface area contributed by atoms with Crippen molar-refractivity contribution in [2.75, 3.05) is 0 Å². The molecule has 1 aromatic heterocycles. The van der Waals surface area contributed by atoms with Gasteiger partial charge in [-0.25, -0.2) is 0 Å². The number of hydrogen-bond donors (Lipinski definition) is 2. The Bertz CT molecular complexity index is 291. The Morgan fingerprint density at radius 3 is 2.82 bits per heavy atom. The largest absolute Gasteiger partial charge is 0.469 e. The minimum absolute atomic E-state index is 0.350. The van der Waals surface area contributed by atoms with Gasteiger partial charge in [-0.05, 0) is 30.9 Å². The predicted molar refractivity (Wildman–Crippen MR) is 69.3 cm³/mol. The maximum absolute atomic E-state index is 5.61. The molecule has 1 saturated carbocycles.